The second-order valence-corrected chi connectivity index (χ2v) is 11.4. The van der Waals surface area contributed by atoms with Gasteiger partial charge in [-0.15, -0.1) is 0 Å². The minimum atomic E-state index is 0.716. The van der Waals surface area contributed by atoms with Crippen LogP contribution in [0.25, 0.3) is 78.6 Å². The fraction of sp³-hybridized carbons (Fsp3) is 0. The summed E-state index contributed by atoms with van der Waals surface area (Å²) in [7, 11) is 0. The highest BCUT2D eigenvalue weighted by Crippen LogP contribution is 2.32. The van der Waals surface area contributed by atoms with Gasteiger partial charge in [0, 0.05) is 22.4 Å². The van der Waals surface area contributed by atoms with Gasteiger partial charge in [0.15, 0.2) is 5.82 Å². The van der Waals surface area contributed by atoms with Crippen LogP contribution in [-0.4, -0.2) is 23.9 Å². The third-order valence-corrected chi connectivity index (χ3v) is 8.57. The maximum Gasteiger partial charge on any atom is 0.220 e. The van der Waals surface area contributed by atoms with Crippen LogP contribution < -0.4 is 0 Å². The predicted molar refractivity (Wildman–Crippen MR) is 187 cm³/mol. The van der Waals surface area contributed by atoms with Gasteiger partial charge >= 0.3 is 0 Å². The summed E-state index contributed by atoms with van der Waals surface area (Å²) in [5, 5.41) is 0. The van der Waals surface area contributed by atoms with Crippen molar-refractivity contribution < 1.29 is 0 Å². The summed E-state index contributed by atoms with van der Waals surface area (Å²) >= 11 is 0. The molecule has 0 aliphatic heterocycles. The molecule has 5 nitrogen and oxygen atoms in total. The second kappa shape index (κ2) is 10.7. The monoisotopic (exact) mass is 589 g/mol. The van der Waals surface area contributed by atoms with Gasteiger partial charge in [0.25, 0.3) is 0 Å². The second-order valence-electron chi connectivity index (χ2n) is 11.4. The number of rotatable bonds is 5. The fourth-order valence-corrected chi connectivity index (χ4v) is 6.31. The molecule has 9 aromatic rings. The van der Waals surface area contributed by atoms with Crippen LogP contribution in [-0.2, 0) is 0 Å². The van der Waals surface area contributed by atoms with E-state index in [4.69, 9.17) is 15.0 Å². The fourth-order valence-electron chi connectivity index (χ4n) is 6.31. The molecular formula is C41H27N5. The summed E-state index contributed by atoms with van der Waals surface area (Å²) in [4.78, 5) is 14.9. The van der Waals surface area contributed by atoms with Gasteiger partial charge in [-0.1, -0.05) is 121 Å². The molecule has 5 heteroatoms. The van der Waals surface area contributed by atoms with Gasteiger partial charge in [0.1, 0.15) is 0 Å². The van der Waals surface area contributed by atoms with E-state index in [9.17, 15) is 0 Å². The molecule has 0 spiro atoms. The Kier molecular flexibility index (Phi) is 6.06. The lowest BCUT2D eigenvalue weighted by molar-refractivity contribution is 1.11. The van der Waals surface area contributed by atoms with Gasteiger partial charge in [0.2, 0.25) is 5.78 Å². The Labute approximate surface area is 265 Å². The van der Waals surface area contributed by atoms with E-state index in [1.807, 2.05) is 42.5 Å². The standard InChI is InChI=1S/C41H27N5/c1-3-11-30(12-4-1)35-27-36(43-40(42-35)32-13-5-2-6-14-32)31-21-19-28(20-22-31)29-23-25-33(26-24-29)45-38-17-9-10-18-39(38)46-37-16-8-7-15-34(37)44-41(45)46/h1-27H. The number of aromatic nitrogens is 5. The molecule has 0 bridgehead atoms. The van der Waals surface area contributed by atoms with E-state index in [2.05, 4.69) is 130 Å². The highest BCUT2D eigenvalue weighted by Gasteiger charge is 2.17. The smallest absolute Gasteiger partial charge is 0.220 e. The Balaban J connectivity index is 1.08. The summed E-state index contributed by atoms with van der Waals surface area (Å²) in [6.07, 6.45) is 0. The molecule has 0 saturated carbocycles. The van der Waals surface area contributed by atoms with Gasteiger partial charge in [-0.25, -0.2) is 15.0 Å². The molecule has 216 valence electrons. The molecule has 0 saturated heterocycles. The number of imidazole rings is 2. The molecule has 0 N–H and O–H groups in total. The lowest BCUT2D eigenvalue weighted by Crippen LogP contribution is -1.96. The predicted octanol–water partition coefficient (Wildman–Crippen LogP) is 9.89. The summed E-state index contributed by atoms with van der Waals surface area (Å²) in [5.74, 6) is 1.63. The van der Waals surface area contributed by atoms with Crippen molar-refractivity contribution in [2.45, 2.75) is 0 Å². The van der Waals surface area contributed by atoms with E-state index in [-0.39, 0.29) is 0 Å². The van der Waals surface area contributed by atoms with E-state index in [0.717, 1.165) is 72.7 Å². The molecule has 0 amide bonds. The summed E-state index contributed by atoms with van der Waals surface area (Å²) in [6, 6.07) is 56.7. The Bertz CT molecular complexity index is 2430. The molecule has 46 heavy (non-hydrogen) atoms. The Morgan fingerprint density at radius 1 is 0.370 bits per heavy atom. The van der Waals surface area contributed by atoms with Gasteiger partial charge < -0.3 is 0 Å². The minimum absolute atomic E-state index is 0.716. The van der Waals surface area contributed by atoms with Crippen LogP contribution in [0.1, 0.15) is 0 Å². The molecule has 0 atom stereocenters. The molecule has 0 radical (unpaired) electrons. The third-order valence-electron chi connectivity index (χ3n) is 8.57. The normalized spacial score (nSPS) is 11.5. The molecule has 3 heterocycles. The van der Waals surface area contributed by atoms with Crippen LogP contribution in [0.5, 0.6) is 0 Å². The molecule has 0 fully saturated rings. The first kappa shape index (κ1) is 26.1. The largest absolute Gasteiger partial charge is 0.278 e. The van der Waals surface area contributed by atoms with Crippen molar-refractivity contribution in [1.82, 2.24) is 23.9 Å². The van der Waals surface area contributed by atoms with Crippen molar-refractivity contribution >= 4 is 27.8 Å². The van der Waals surface area contributed by atoms with Crippen molar-refractivity contribution in [2.24, 2.45) is 0 Å². The maximum atomic E-state index is 5.01. The number of benzene rings is 6. The van der Waals surface area contributed by atoms with Crippen LogP contribution in [0.15, 0.2) is 164 Å². The molecular weight excluding hydrogens is 562 g/mol. The van der Waals surface area contributed by atoms with Crippen LogP contribution in [0.3, 0.4) is 0 Å². The van der Waals surface area contributed by atoms with Crippen LogP contribution in [0.2, 0.25) is 0 Å². The Hall–Kier alpha value is -6.33. The topological polar surface area (TPSA) is 48.0 Å². The number of nitrogens with zero attached hydrogens (tertiary/aromatic N) is 5. The van der Waals surface area contributed by atoms with Crippen LogP contribution in [0, 0.1) is 0 Å². The highest BCUT2D eigenvalue weighted by atomic mass is 15.2. The van der Waals surface area contributed by atoms with Crippen molar-refractivity contribution in [3.63, 3.8) is 0 Å². The summed E-state index contributed by atoms with van der Waals surface area (Å²) < 4.78 is 4.49. The lowest BCUT2D eigenvalue weighted by atomic mass is 10.0. The number of para-hydroxylation sites is 4. The third kappa shape index (κ3) is 4.37. The van der Waals surface area contributed by atoms with Crippen molar-refractivity contribution in [1.29, 1.82) is 0 Å². The SMILES string of the molecule is c1ccc(-c2cc(-c3ccc(-c4ccc(-n5c6ccccc6n6c7ccccc7nc56)cc4)cc3)nc(-c3ccccc3)n2)cc1. The van der Waals surface area contributed by atoms with Gasteiger partial charge in [-0.3, -0.25) is 8.97 Å². The van der Waals surface area contributed by atoms with E-state index >= 15 is 0 Å². The van der Waals surface area contributed by atoms with Gasteiger partial charge in [0.05, 0.1) is 33.5 Å². The first-order valence-electron chi connectivity index (χ1n) is 15.4. The average molecular weight is 590 g/mol. The Morgan fingerprint density at radius 2 is 0.870 bits per heavy atom. The molecule has 0 aliphatic rings. The minimum Gasteiger partial charge on any atom is -0.278 e. The zero-order valence-corrected chi connectivity index (χ0v) is 24.8. The lowest BCUT2D eigenvalue weighted by Gasteiger charge is -2.10. The molecule has 9 rings (SSSR count). The van der Waals surface area contributed by atoms with Crippen molar-refractivity contribution in [3.05, 3.63) is 164 Å². The van der Waals surface area contributed by atoms with Gasteiger partial charge in [-0.2, -0.15) is 0 Å². The number of hydrogen-bond acceptors (Lipinski definition) is 3. The number of fused-ring (bicyclic) bond motifs is 5. The van der Waals surface area contributed by atoms with Crippen LogP contribution in [0.4, 0.5) is 0 Å². The first-order valence-corrected chi connectivity index (χ1v) is 15.4. The summed E-state index contributed by atoms with van der Waals surface area (Å²) in [5.41, 5.74) is 12.6. The highest BCUT2D eigenvalue weighted by molar-refractivity contribution is 5.92. The Morgan fingerprint density at radius 3 is 1.54 bits per heavy atom. The van der Waals surface area contributed by atoms with Crippen molar-refractivity contribution in [2.75, 3.05) is 0 Å². The van der Waals surface area contributed by atoms with E-state index in [1.165, 1.54) is 0 Å². The quantitative estimate of drug-likeness (QED) is 0.201. The summed E-state index contributed by atoms with van der Waals surface area (Å²) in [6.45, 7) is 0. The van der Waals surface area contributed by atoms with Crippen molar-refractivity contribution in [3.8, 4) is 50.7 Å². The van der Waals surface area contributed by atoms with Crippen LogP contribution >= 0.6 is 0 Å². The molecule has 0 aliphatic carbocycles. The first-order chi connectivity index (χ1) is 22.8. The zero-order chi connectivity index (χ0) is 30.5. The number of hydrogen-bond donors (Lipinski definition) is 0. The molecule has 3 aromatic heterocycles. The zero-order valence-electron chi connectivity index (χ0n) is 24.8. The van der Waals surface area contributed by atoms with E-state index < -0.39 is 0 Å². The molecule has 6 aromatic carbocycles. The maximum absolute atomic E-state index is 5.01. The molecule has 0 unspecified atom stereocenters. The average Bonchev–Trinajstić information content (AvgIpc) is 3.67. The van der Waals surface area contributed by atoms with Gasteiger partial charge in [-0.05, 0) is 53.6 Å². The van der Waals surface area contributed by atoms with E-state index in [0.29, 0.717) is 5.82 Å². The van der Waals surface area contributed by atoms with E-state index in [1.54, 1.807) is 0 Å².